The highest BCUT2D eigenvalue weighted by Gasteiger charge is 2.48. The molecule has 1 saturated carbocycles. The molecule has 0 bridgehead atoms. The van der Waals surface area contributed by atoms with E-state index < -0.39 is 24.0 Å². The highest BCUT2D eigenvalue weighted by Crippen LogP contribution is 2.27. The number of likely N-dealkylation sites (tertiary alicyclic amines) is 1. The van der Waals surface area contributed by atoms with Crippen molar-refractivity contribution >= 4 is 11.8 Å². The molecule has 0 aromatic heterocycles. The van der Waals surface area contributed by atoms with Crippen LogP contribution in [0.25, 0.3) is 0 Å². The van der Waals surface area contributed by atoms with Crippen LogP contribution in [0, 0.1) is 0 Å². The van der Waals surface area contributed by atoms with Crippen molar-refractivity contribution < 1.29 is 22.8 Å². The lowest BCUT2D eigenvalue weighted by atomic mass is 10.2. The molecule has 1 saturated heterocycles. The minimum atomic E-state index is -4.90. The van der Waals surface area contributed by atoms with E-state index in [1.165, 1.54) is 0 Å². The van der Waals surface area contributed by atoms with Crippen LogP contribution in [-0.4, -0.2) is 41.5 Å². The van der Waals surface area contributed by atoms with Crippen LogP contribution in [0.2, 0.25) is 0 Å². The molecule has 0 spiro atoms. The molecule has 2 aliphatic rings. The van der Waals surface area contributed by atoms with Gasteiger partial charge in [0.2, 0.25) is 5.91 Å². The summed E-state index contributed by atoms with van der Waals surface area (Å²) in [6.07, 6.45) is -2.43. The summed E-state index contributed by atoms with van der Waals surface area (Å²) >= 11 is 0. The Morgan fingerprint density at radius 1 is 1.18 bits per heavy atom. The quantitative estimate of drug-likeness (QED) is 0.788. The molecule has 2 fully saturated rings. The van der Waals surface area contributed by atoms with Crippen LogP contribution in [0.3, 0.4) is 0 Å². The normalized spacial score (nSPS) is 24.9. The minimum Gasteiger partial charge on any atom is -0.352 e. The van der Waals surface area contributed by atoms with Gasteiger partial charge in [-0.1, -0.05) is 0 Å². The summed E-state index contributed by atoms with van der Waals surface area (Å²) in [6.45, 7) is 0.00109. The largest absolute Gasteiger partial charge is 0.471 e. The summed E-state index contributed by atoms with van der Waals surface area (Å²) in [5.74, 6) is -2.37. The number of alkyl halides is 3. The van der Waals surface area contributed by atoms with E-state index in [0.717, 1.165) is 12.8 Å². The molecule has 2 amide bonds. The second-order valence-electron chi connectivity index (χ2n) is 4.44. The summed E-state index contributed by atoms with van der Waals surface area (Å²) in [5.41, 5.74) is 0. The first-order valence-corrected chi connectivity index (χ1v) is 5.58. The maximum Gasteiger partial charge on any atom is 0.471 e. The van der Waals surface area contributed by atoms with Gasteiger partial charge in [-0.2, -0.15) is 13.2 Å². The Morgan fingerprint density at radius 2 is 1.82 bits per heavy atom. The average Bonchev–Trinajstić information content (AvgIpc) is 2.91. The van der Waals surface area contributed by atoms with Crippen molar-refractivity contribution in [2.75, 3.05) is 6.54 Å². The standard InChI is InChI=1S/C10H13F3N2O2/c11-10(12,13)9(17)15-5-1-2-7(15)8(16)14-6-3-4-6/h6-7H,1-5H2,(H,14,16). The second-order valence-corrected chi connectivity index (χ2v) is 4.44. The molecule has 96 valence electrons. The van der Waals surface area contributed by atoms with Gasteiger partial charge in [0, 0.05) is 12.6 Å². The third-order valence-corrected chi connectivity index (χ3v) is 2.98. The fourth-order valence-corrected chi connectivity index (χ4v) is 1.97. The number of hydrogen-bond donors (Lipinski definition) is 1. The van der Waals surface area contributed by atoms with Crippen molar-refractivity contribution in [3.63, 3.8) is 0 Å². The first kappa shape index (κ1) is 12.2. The number of halogens is 3. The van der Waals surface area contributed by atoms with E-state index in [2.05, 4.69) is 5.32 Å². The third kappa shape index (κ3) is 2.70. The summed E-state index contributed by atoms with van der Waals surface area (Å²) in [4.78, 5) is 23.4. The fourth-order valence-electron chi connectivity index (χ4n) is 1.97. The molecule has 1 N–H and O–H groups in total. The van der Waals surface area contributed by atoms with E-state index in [0.29, 0.717) is 17.7 Å². The molecule has 1 aliphatic heterocycles. The summed E-state index contributed by atoms with van der Waals surface area (Å²) < 4.78 is 36.9. The predicted molar refractivity (Wildman–Crippen MR) is 52.0 cm³/mol. The zero-order chi connectivity index (χ0) is 12.6. The smallest absolute Gasteiger partial charge is 0.352 e. The van der Waals surface area contributed by atoms with E-state index in [1.54, 1.807) is 0 Å². The molecular formula is C10H13F3N2O2. The number of nitrogens with one attached hydrogen (secondary N) is 1. The van der Waals surface area contributed by atoms with Gasteiger partial charge in [0.05, 0.1) is 0 Å². The maximum atomic E-state index is 12.3. The van der Waals surface area contributed by atoms with E-state index in [1.807, 2.05) is 0 Å². The first-order chi connectivity index (χ1) is 7.89. The van der Waals surface area contributed by atoms with Gasteiger partial charge in [0.15, 0.2) is 0 Å². The molecule has 4 nitrogen and oxygen atoms in total. The number of nitrogens with zero attached hydrogens (tertiary/aromatic N) is 1. The van der Waals surface area contributed by atoms with E-state index in [4.69, 9.17) is 0 Å². The molecule has 1 aliphatic carbocycles. The van der Waals surface area contributed by atoms with Gasteiger partial charge in [-0.25, -0.2) is 0 Å². The molecule has 0 radical (unpaired) electrons. The topological polar surface area (TPSA) is 49.4 Å². The van der Waals surface area contributed by atoms with Crippen LogP contribution in [0.4, 0.5) is 13.2 Å². The molecule has 0 aromatic carbocycles. The number of amides is 2. The molecule has 2 rings (SSSR count). The van der Waals surface area contributed by atoms with Crippen LogP contribution in [-0.2, 0) is 9.59 Å². The van der Waals surface area contributed by atoms with Crippen molar-refractivity contribution in [2.24, 2.45) is 0 Å². The number of rotatable bonds is 2. The lowest BCUT2D eigenvalue weighted by molar-refractivity contribution is -0.186. The van der Waals surface area contributed by atoms with Gasteiger partial charge in [-0.15, -0.1) is 0 Å². The van der Waals surface area contributed by atoms with Crippen molar-refractivity contribution in [1.29, 1.82) is 0 Å². The first-order valence-electron chi connectivity index (χ1n) is 5.58. The molecule has 7 heteroatoms. The van der Waals surface area contributed by atoms with Gasteiger partial charge in [0.1, 0.15) is 6.04 Å². The average molecular weight is 250 g/mol. The maximum absolute atomic E-state index is 12.3. The Balaban J connectivity index is 2.00. The Bertz CT molecular complexity index is 339. The van der Waals surface area contributed by atoms with Gasteiger partial charge < -0.3 is 10.2 Å². The molecule has 1 unspecified atom stereocenters. The lowest BCUT2D eigenvalue weighted by Gasteiger charge is -2.24. The highest BCUT2D eigenvalue weighted by molar-refractivity contribution is 5.90. The Labute approximate surface area is 96.1 Å². The zero-order valence-corrected chi connectivity index (χ0v) is 9.09. The monoisotopic (exact) mass is 250 g/mol. The van der Waals surface area contributed by atoms with E-state index in [9.17, 15) is 22.8 Å². The fraction of sp³-hybridized carbons (Fsp3) is 0.800. The van der Waals surface area contributed by atoms with E-state index >= 15 is 0 Å². The SMILES string of the molecule is O=C(NC1CC1)C1CCCN1C(=O)C(F)(F)F. The minimum absolute atomic E-state index is 0.00109. The molecule has 0 aromatic rings. The Hall–Kier alpha value is -1.27. The van der Waals surface area contributed by atoms with Gasteiger partial charge in [0.25, 0.3) is 0 Å². The molecular weight excluding hydrogens is 237 g/mol. The molecule has 1 atom stereocenters. The van der Waals surface area contributed by atoms with Crippen molar-refractivity contribution in [3.05, 3.63) is 0 Å². The van der Waals surface area contributed by atoms with Crippen LogP contribution in [0.5, 0.6) is 0 Å². The summed E-state index contributed by atoms with van der Waals surface area (Å²) in [5, 5.41) is 2.63. The predicted octanol–water partition coefficient (Wildman–Crippen LogP) is 0.818. The molecule has 1 heterocycles. The molecule has 17 heavy (non-hydrogen) atoms. The van der Waals surface area contributed by atoms with Gasteiger partial charge in [-0.3, -0.25) is 9.59 Å². The van der Waals surface area contributed by atoms with Crippen molar-refractivity contribution in [1.82, 2.24) is 10.2 Å². The lowest BCUT2D eigenvalue weighted by Crippen LogP contribution is -2.50. The summed E-state index contributed by atoms with van der Waals surface area (Å²) in [6, 6.07) is -0.865. The van der Waals surface area contributed by atoms with E-state index in [-0.39, 0.29) is 12.6 Å². The van der Waals surface area contributed by atoms with Crippen LogP contribution >= 0.6 is 0 Å². The Morgan fingerprint density at radius 3 is 2.35 bits per heavy atom. The van der Waals surface area contributed by atoms with Crippen molar-refractivity contribution in [2.45, 2.75) is 43.9 Å². The number of carbonyl (C=O) groups excluding carboxylic acids is 2. The van der Waals surface area contributed by atoms with Crippen LogP contribution < -0.4 is 5.32 Å². The third-order valence-electron chi connectivity index (χ3n) is 2.98. The second kappa shape index (κ2) is 4.19. The number of hydrogen-bond acceptors (Lipinski definition) is 2. The summed E-state index contributed by atoms with van der Waals surface area (Å²) in [7, 11) is 0. The Kier molecular flexibility index (Phi) is 3.01. The zero-order valence-electron chi connectivity index (χ0n) is 9.09. The van der Waals surface area contributed by atoms with Gasteiger partial charge in [-0.05, 0) is 25.7 Å². The van der Waals surface area contributed by atoms with Gasteiger partial charge >= 0.3 is 12.1 Å². The van der Waals surface area contributed by atoms with Crippen LogP contribution in [0.15, 0.2) is 0 Å². The van der Waals surface area contributed by atoms with Crippen molar-refractivity contribution in [3.8, 4) is 0 Å². The van der Waals surface area contributed by atoms with Crippen LogP contribution in [0.1, 0.15) is 25.7 Å². The number of carbonyl (C=O) groups is 2. The highest BCUT2D eigenvalue weighted by atomic mass is 19.4.